The molecule has 2 heterocycles. The van der Waals surface area contributed by atoms with Gasteiger partial charge in [-0.2, -0.15) is 0 Å². The average Bonchev–Trinajstić information content (AvgIpc) is 2.90. The fourth-order valence-electron chi connectivity index (χ4n) is 2.09. The van der Waals surface area contributed by atoms with Crippen LogP contribution in [-0.2, 0) is 11.3 Å². The van der Waals surface area contributed by atoms with Crippen LogP contribution in [0.5, 0.6) is 0 Å². The maximum absolute atomic E-state index is 10.8. The molecule has 1 aromatic rings. The van der Waals surface area contributed by atoms with Gasteiger partial charge in [0.05, 0.1) is 11.8 Å². The SMILES string of the molecule is CC(NCc1cccc(C(=O)O)n1)C1CCCO1. The molecule has 0 saturated carbocycles. The van der Waals surface area contributed by atoms with E-state index in [4.69, 9.17) is 9.84 Å². The number of hydrogen-bond donors (Lipinski definition) is 2. The minimum absolute atomic E-state index is 0.0825. The van der Waals surface area contributed by atoms with Crippen molar-refractivity contribution in [3.63, 3.8) is 0 Å². The highest BCUT2D eigenvalue weighted by molar-refractivity contribution is 5.85. The molecule has 0 spiro atoms. The van der Waals surface area contributed by atoms with E-state index < -0.39 is 5.97 Å². The van der Waals surface area contributed by atoms with Gasteiger partial charge in [-0.15, -0.1) is 0 Å². The van der Waals surface area contributed by atoms with E-state index in [1.54, 1.807) is 6.07 Å². The summed E-state index contributed by atoms with van der Waals surface area (Å²) in [6.07, 6.45) is 2.45. The van der Waals surface area contributed by atoms with Gasteiger partial charge in [0, 0.05) is 19.2 Å². The minimum atomic E-state index is -0.996. The van der Waals surface area contributed by atoms with Gasteiger partial charge in [-0.25, -0.2) is 9.78 Å². The predicted molar refractivity (Wildman–Crippen MR) is 66.5 cm³/mol. The summed E-state index contributed by atoms with van der Waals surface area (Å²) in [5.41, 5.74) is 0.818. The zero-order valence-corrected chi connectivity index (χ0v) is 10.4. The number of nitrogens with zero attached hydrogens (tertiary/aromatic N) is 1. The second-order valence-corrected chi connectivity index (χ2v) is 4.54. The van der Waals surface area contributed by atoms with Crippen LogP contribution in [0.4, 0.5) is 0 Å². The van der Waals surface area contributed by atoms with Crippen LogP contribution in [0.2, 0.25) is 0 Å². The van der Waals surface area contributed by atoms with Crippen molar-refractivity contribution in [3.8, 4) is 0 Å². The Hall–Kier alpha value is -1.46. The summed E-state index contributed by atoms with van der Waals surface area (Å²) in [6.45, 7) is 3.47. The Bertz CT molecular complexity index is 416. The molecule has 5 nitrogen and oxygen atoms in total. The van der Waals surface area contributed by atoms with Crippen LogP contribution in [0.3, 0.4) is 0 Å². The smallest absolute Gasteiger partial charge is 0.354 e. The highest BCUT2D eigenvalue weighted by atomic mass is 16.5. The number of nitrogens with one attached hydrogen (secondary N) is 1. The van der Waals surface area contributed by atoms with Crippen LogP contribution < -0.4 is 5.32 Å². The van der Waals surface area contributed by atoms with Crippen molar-refractivity contribution in [2.45, 2.75) is 38.5 Å². The lowest BCUT2D eigenvalue weighted by molar-refractivity contribution is 0.0689. The first-order chi connectivity index (χ1) is 8.66. The normalized spacial score (nSPS) is 20.8. The molecule has 2 N–H and O–H groups in total. The van der Waals surface area contributed by atoms with E-state index in [9.17, 15) is 4.79 Å². The fraction of sp³-hybridized carbons (Fsp3) is 0.538. The maximum atomic E-state index is 10.8. The molecule has 0 aliphatic carbocycles. The zero-order chi connectivity index (χ0) is 13.0. The van der Waals surface area contributed by atoms with Gasteiger partial charge in [-0.1, -0.05) is 6.07 Å². The van der Waals surface area contributed by atoms with Gasteiger partial charge < -0.3 is 15.2 Å². The quantitative estimate of drug-likeness (QED) is 0.827. The monoisotopic (exact) mass is 250 g/mol. The molecule has 1 aromatic heterocycles. The Kier molecular flexibility index (Phi) is 4.28. The summed E-state index contributed by atoms with van der Waals surface area (Å²) in [5.74, 6) is -0.996. The maximum Gasteiger partial charge on any atom is 0.354 e. The Balaban J connectivity index is 1.89. The third-order valence-corrected chi connectivity index (χ3v) is 3.15. The second kappa shape index (κ2) is 5.93. The molecule has 0 aromatic carbocycles. The van der Waals surface area contributed by atoms with Crippen LogP contribution in [0, 0.1) is 0 Å². The minimum Gasteiger partial charge on any atom is -0.477 e. The second-order valence-electron chi connectivity index (χ2n) is 4.54. The number of carboxylic acids is 1. The summed E-state index contributed by atoms with van der Waals surface area (Å²) in [7, 11) is 0. The van der Waals surface area contributed by atoms with Gasteiger partial charge in [-0.05, 0) is 31.9 Å². The number of ether oxygens (including phenoxy) is 1. The van der Waals surface area contributed by atoms with Gasteiger partial charge in [0.1, 0.15) is 5.69 Å². The first-order valence-electron chi connectivity index (χ1n) is 6.21. The van der Waals surface area contributed by atoms with Gasteiger partial charge in [0.15, 0.2) is 0 Å². The molecule has 2 atom stereocenters. The number of carbonyl (C=O) groups is 1. The van der Waals surface area contributed by atoms with Gasteiger partial charge in [-0.3, -0.25) is 0 Å². The summed E-state index contributed by atoms with van der Waals surface area (Å²) in [4.78, 5) is 14.9. The zero-order valence-electron chi connectivity index (χ0n) is 10.4. The van der Waals surface area contributed by atoms with Crippen LogP contribution in [0.1, 0.15) is 35.9 Å². The van der Waals surface area contributed by atoms with Gasteiger partial charge in [0.25, 0.3) is 0 Å². The van der Waals surface area contributed by atoms with E-state index in [-0.39, 0.29) is 17.8 Å². The third kappa shape index (κ3) is 3.27. The van der Waals surface area contributed by atoms with Crippen molar-refractivity contribution in [3.05, 3.63) is 29.6 Å². The Morgan fingerprint density at radius 3 is 3.17 bits per heavy atom. The van der Waals surface area contributed by atoms with E-state index in [0.29, 0.717) is 6.54 Å². The van der Waals surface area contributed by atoms with Crippen molar-refractivity contribution in [1.82, 2.24) is 10.3 Å². The van der Waals surface area contributed by atoms with Crippen molar-refractivity contribution in [2.75, 3.05) is 6.61 Å². The third-order valence-electron chi connectivity index (χ3n) is 3.15. The van der Waals surface area contributed by atoms with Crippen molar-refractivity contribution in [1.29, 1.82) is 0 Å². The molecular formula is C13H18N2O3. The van der Waals surface area contributed by atoms with Crippen molar-refractivity contribution in [2.24, 2.45) is 0 Å². The van der Waals surface area contributed by atoms with Crippen LogP contribution in [0.15, 0.2) is 18.2 Å². The van der Waals surface area contributed by atoms with E-state index in [1.807, 2.05) is 6.07 Å². The van der Waals surface area contributed by atoms with Crippen LogP contribution in [-0.4, -0.2) is 34.8 Å². The molecule has 1 saturated heterocycles. The largest absolute Gasteiger partial charge is 0.477 e. The van der Waals surface area contributed by atoms with Crippen molar-refractivity contribution >= 4 is 5.97 Å². The highest BCUT2D eigenvalue weighted by Crippen LogP contribution is 2.15. The molecule has 1 aliphatic heterocycles. The molecule has 0 radical (unpaired) electrons. The average molecular weight is 250 g/mol. The number of carboxylic acid groups (broad SMARTS) is 1. The molecule has 2 unspecified atom stereocenters. The molecule has 0 amide bonds. The Morgan fingerprint density at radius 2 is 2.50 bits per heavy atom. The molecule has 1 aliphatic rings. The van der Waals surface area contributed by atoms with E-state index in [1.165, 1.54) is 6.07 Å². The summed E-state index contributed by atoms with van der Waals surface area (Å²) in [5, 5.41) is 12.2. The lowest BCUT2D eigenvalue weighted by atomic mass is 10.1. The standard InChI is InChI=1S/C13H18N2O3/c1-9(12-6-3-7-18-12)14-8-10-4-2-5-11(15-10)13(16)17/h2,4-5,9,12,14H,3,6-8H2,1H3,(H,16,17). The number of aromatic carboxylic acids is 1. The van der Waals surface area contributed by atoms with E-state index in [2.05, 4.69) is 17.2 Å². The van der Waals surface area contributed by atoms with Crippen LogP contribution >= 0.6 is 0 Å². The summed E-state index contributed by atoms with van der Waals surface area (Å²) < 4.78 is 5.59. The molecule has 98 valence electrons. The molecule has 1 fully saturated rings. The number of rotatable bonds is 5. The number of hydrogen-bond acceptors (Lipinski definition) is 4. The fourth-order valence-corrected chi connectivity index (χ4v) is 2.09. The number of pyridine rings is 1. The topological polar surface area (TPSA) is 71.5 Å². The number of aromatic nitrogens is 1. The predicted octanol–water partition coefficient (Wildman–Crippen LogP) is 1.44. The van der Waals surface area contributed by atoms with E-state index >= 15 is 0 Å². The van der Waals surface area contributed by atoms with Crippen molar-refractivity contribution < 1.29 is 14.6 Å². The molecule has 5 heteroatoms. The lowest BCUT2D eigenvalue weighted by Gasteiger charge is -2.19. The Labute approximate surface area is 106 Å². The first kappa shape index (κ1) is 13.0. The molecule has 2 rings (SSSR count). The summed E-state index contributed by atoms with van der Waals surface area (Å²) >= 11 is 0. The van der Waals surface area contributed by atoms with Gasteiger partial charge >= 0.3 is 5.97 Å². The van der Waals surface area contributed by atoms with E-state index in [0.717, 1.165) is 25.1 Å². The molecule has 0 bridgehead atoms. The summed E-state index contributed by atoms with van der Waals surface area (Å²) in [6, 6.07) is 5.28. The van der Waals surface area contributed by atoms with Crippen LogP contribution in [0.25, 0.3) is 0 Å². The van der Waals surface area contributed by atoms with Gasteiger partial charge in [0.2, 0.25) is 0 Å². The highest BCUT2D eigenvalue weighted by Gasteiger charge is 2.21. The molecular weight excluding hydrogens is 232 g/mol. The molecule has 18 heavy (non-hydrogen) atoms. The Morgan fingerprint density at radius 1 is 1.67 bits per heavy atom. The lowest BCUT2D eigenvalue weighted by Crippen LogP contribution is -2.36. The first-order valence-corrected chi connectivity index (χ1v) is 6.21.